The summed E-state index contributed by atoms with van der Waals surface area (Å²) >= 11 is 3.39. The number of rotatable bonds is 3. The van der Waals surface area contributed by atoms with Crippen molar-refractivity contribution >= 4 is 27.6 Å². The van der Waals surface area contributed by atoms with Crippen LogP contribution >= 0.6 is 15.9 Å². The van der Waals surface area contributed by atoms with Gasteiger partial charge in [-0.15, -0.1) is 0 Å². The highest BCUT2D eigenvalue weighted by Crippen LogP contribution is 2.17. The third-order valence-corrected chi connectivity index (χ3v) is 2.74. The van der Waals surface area contributed by atoms with Gasteiger partial charge in [0, 0.05) is 21.9 Å². The maximum atomic E-state index is 11.4. The molecule has 0 aliphatic rings. The van der Waals surface area contributed by atoms with E-state index in [0.29, 0.717) is 5.95 Å². The molecule has 1 heterocycles. The highest BCUT2D eigenvalue weighted by Gasteiger charge is 2.00. The van der Waals surface area contributed by atoms with Gasteiger partial charge in [0.15, 0.2) is 0 Å². The van der Waals surface area contributed by atoms with E-state index in [1.54, 1.807) is 0 Å². The maximum absolute atomic E-state index is 11.4. The number of nitrogens with one attached hydrogen (secondary N) is 2. The molecular weight excluding hydrogens is 282 g/mol. The van der Waals surface area contributed by atoms with Crippen LogP contribution in [0.4, 0.5) is 11.6 Å². The molecule has 1 aromatic carbocycles. The summed E-state index contributed by atoms with van der Waals surface area (Å²) in [6.45, 7) is 1.96. The Labute approximate surface area is 107 Å². The normalized spacial score (nSPS) is 10.2. The molecule has 1 aromatic heterocycles. The lowest BCUT2D eigenvalue weighted by Crippen LogP contribution is -2.11. The van der Waals surface area contributed by atoms with E-state index < -0.39 is 0 Å². The zero-order valence-electron chi connectivity index (χ0n) is 9.33. The van der Waals surface area contributed by atoms with Crippen molar-refractivity contribution in [3.05, 3.63) is 50.9 Å². The van der Waals surface area contributed by atoms with Crippen molar-refractivity contribution in [3.63, 3.8) is 0 Å². The molecule has 2 aromatic rings. The monoisotopic (exact) mass is 293 g/mol. The number of H-pyrrole nitrogens is 1. The second kappa shape index (κ2) is 5.14. The lowest BCUT2D eigenvalue weighted by atomic mass is 10.3. The maximum Gasteiger partial charge on any atom is 0.252 e. The van der Waals surface area contributed by atoms with Crippen LogP contribution in [0.1, 0.15) is 12.6 Å². The van der Waals surface area contributed by atoms with Crippen LogP contribution in [0.5, 0.6) is 0 Å². The first-order chi connectivity index (χ1) is 8.17. The average molecular weight is 294 g/mol. The number of aryl methyl sites for hydroxylation is 1. The molecule has 0 aliphatic heterocycles. The minimum atomic E-state index is -0.144. The Morgan fingerprint density at radius 1 is 1.41 bits per heavy atom. The Hall–Kier alpha value is -1.62. The van der Waals surface area contributed by atoms with Gasteiger partial charge in [0.05, 0.1) is 0 Å². The molecule has 0 unspecified atom stereocenters. The first-order valence-electron chi connectivity index (χ1n) is 5.30. The van der Waals surface area contributed by atoms with Gasteiger partial charge in [-0.1, -0.05) is 28.9 Å². The molecule has 0 spiro atoms. The van der Waals surface area contributed by atoms with Gasteiger partial charge in [-0.25, -0.2) is 4.98 Å². The minimum Gasteiger partial charge on any atom is -0.326 e. The van der Waals surface area contributed by atoms with Gasteiger partial charge < -0.3 is 5.32 Å². The number of nitrogens with zero attached hydrogens (tertiary/aromatic N) is 1. The molecule has 88 valence electrons. The third kappa shape index (κ3) is 3.17. The van der Waals surface area contributed by atoms with E-state index in [1.165, 1.54) is 6.07 Å². The zero-order valence-corrected chi connectivity index (χ0v) is 10.9. The molecule has 5 heteroatoms. The molecule has 0 radical (unpaired) electrons. The van der Waals surface area contributed by atoms with Crippen LogP contribution in [-0.2, 0) is 6.42 Å². The van der Waals surface area contributed by atoms with Crippen molar-refractivity contribution in [1.82, 2.24) is 9.97 Å². The number of hydrogen-bond donors (Lipinski definition) is 2. The lowest BCUT2D eigenvalue weighted by Gasteiger charge is -2.06. The van der Waals surface area contributed by atoms with Crippen LogP contribution < -0.4 is 10.9 Å². The van der Waals surface area contributed by atoms with Gasteiger partial charge in [0.1, 0.15) is 0 Å². The quantitative estimate of drug-likeness (QED) is 0.915. The van der Waals surface area contributed by atoms with Crippen LogP contribution in [0.25, 0.3) is 0 Å². The predicted octanol–water partition coefficient (Wildman–Crippen LogP) is 2.84. The third-order valence-electron chi connectivity index (χ3n) is 2.24. The Kier molecular flexibility index (Phi) is 3.58. The summed E-state index contributed by atoms with van der Waals surface area (Å²) in [5.41, 5.74) is 1.50. The average Bonchev–Trinajstić information content (AvgIpc) is 2.28. The first kappa shape index (κ1) is 11.9. The Morgan fingerprint density at radius 2 is 2.24 bits per heavy atom. The van der Waals surface area contributed by atoms with E-state index in [9.17, 15) is 4.79 Å². The Balaban J connectivity index is 2.29. The summed E-state index contributed by atoms with van der Waals surface area (Å²) in [5.74, 6) is 0.465. The fourth-order valence-electron chi connectivity index (χ4n) is 1.45. The van der Waals surface area contributed by atoms with E-state index >= 15 is 0 Å². The summed E-state index contributed by atoms with van der Waals surface area (Å²) in [6, 6.07) is 9.17. The topological polar surface area (TPSA) is 57.8 Å². The molecule has 2 N–H and O–H groups in total. The van der Waals surface area contributed by atoms with Crippen molar-refractivity contribution in [2.24, 2.45) is 0 Å². The number of hydrogen-bond acceptors (Lipinski definition) is 3. The fraction of sp³-hybridized carbons (Fsp3) is 0.167. The Bertz CT molecular complexity index is 580. The van der Waals surface area contributed by atoms with Gasteiger partial charge in [0.2, 0.25) is 5.95 Å². The zero-order chi connectivity index (χ0) is 12.3. The van der Waals surface area contributed by atoms with Crippen molar-refractivity contribution in [2.75, 3.05) is 5.32 Å². The molecule has 0 amide bonds. The highest BCUT2D eigenvalue weighted by molar-refractivity contribution is 9.10. The van der Waals surface area contributed by atoms with E-state index in [0.717, 1.165) is 22.3 Å². The van der Waals surface area contributed by atoms with Gasteiger partial charge in [-0.05, 0) is 24.6 Å². The largest absolute Gasteiger partial charge is 0.326 e. The summed E-state index contributed by atoms with van der Waals surface area (Å²) in [4.78, 5) is 18.3. The number of anilines is 2. The van der Waals surface area contributed by atoms with Crippen molar-refractivity contribution in [1.29, 1.82) is 0 Å². The van der Waals surface area contributed by atoms with E-state index in [2.05, 4.69) is 31.2 Å². The van der Waals surface area contributed by atoms with Crippen LogP contribution in [-0.4, -0.2) is 9.97 Å². The van der Waals surface area contributed by atoms with Gasteiger partial charge in [-0.2, -0.15) is 0 Å². The lowest BCUT2D eigenvalue weighted by molar-refractivity contribution is 0.986. The fourth-order valence-corrected chi connectivity index (χ4v) is 1.85. The van der Waals surface area contributed by atoms with E-state index in [4.69, 9.17) is 0 Å². The van der Waals surface area contributed by atoms with Gasteiger partial charge >= 0.3 is 0 Å². The molecule has 2 rings (SSSR count). The van der Waals surface area contributed by atoms with Crippen molar-refractivity contribution < 1.29 is 0 Å². The second-order valence-electron chi connectivity index (χ2n) is 3.57. The summed E-state index contributed by atoms with van der Waals surface area (Å²) in [7, 11) is 0. The van der Waals surface area contributed by atoms with Crippen molar-refractivity contribution in [2.45, 2.75) is 13.3 Å². The standard InChI is InChI=1S/C12H12BrN3O/c1-2-9-7-11(17)16-12(14-9)15-10-5-3-4-8(13)6-10/h3-7H,2H2,1H3,(H2,14,15,16,17). The molecular formula is C12H12BrN3O. The van der Waals surface area contributed by atoms with Gasteiger partial charge in [-0.3, -0.25) is 9.78 Å². The van der Waals surface area contributed by atoms with Crippen LogP contribution in [0, 0.1) is 0 Å². The molecule has 0 bridgehead atoms. The number of benzene rings is 1. The summed E-state index contributed by atoms with van der Waals surface area (Å²) < 4.78 is 0.969. The van der Waals surface area contributed by atoms with E-state index in [-0.39, 0.29) is 5.56 Å². The van der Waals surface area contributed by atoms with Crippen molar-refractivity contribution in [3.8, 4) is 0 Å². The molecule has 4 nitrogen and oxygen atoms in total. The van der Waals surface area contributed by atoms with Crippen LogP contribution in [0.2, 0.25) is 0 Å². The van der Waals surface area contributed by atoms with Crippen LogP contribution in [0.15, 0.2) is 39.6 Å². The Morgan fingerprint density at radius 3 is 2.94 bits per heavy atom. The first-order valence-corrected chi connectivity index (χ1v) is 6.09. The number of halogens is 1. The molecule has 0 saturated heterocycles. The molecule has 0 aliphatic carbocycles. The summed E-state index contributed by atoms with van der Waals surface area (Å²) in [6.07, 6.45) is 0.733. The summed E-state index contributed by atoms with van der Waals surface area (Å²) in [5, 5.41) is 3.06. The molecule has 0 saturated carbocycles. The predicted molar refractivity (Wildman–Crippen MR) is 71.7 cm³/mol. The minimum absolute atomic E-state index is 0.144. The smallest absolute Gasteiger partial charge is 0.252 e. The molecule has 0 atom stereocenters. The number of aromatic nitrogens is 2. The SMILES string of the molecule is CCc1cc(=O)[nH]c(Nc2cccc(Br)c2)n1. The molecule has 0 fully saturated rings. The highest BCUT2D eigenvalue weighted by atomic mass is 79.9. The molecule has 17 heavy (non-hydrogen) atoms. The van der Waals surface area contributed by atoms with Gasteiger partial charge in [0.25, 0.3) is 5.56 Å². The second-order valence-corrected chi connectivity index (χ2v) is 4.49. The number of aromatic amines is 1. The van der Waals surface area contributed by atoms with Crippen LogP contribution in [0.3, 0.4) is 0 Å². The van der Waals surface area contributed by atoms with E-state index in [1.807, 2.05) is 31.2 Å².